The molecule has 1 aromatic carbocycles. The molecule has 2 rings (SSSR count). The molecule has 0 amide bonds. The van der Waals surface area contributed by atoms with Crippen molar-refractivity contribution in [1.82, 2.24) is 0 Å². The Labute approximate surface area is 185 Å². The summed E-state index contributed by atoms with van der Waals surface area (Å²) in [6.45, 7) is 11.9. The van der Waals surface area contributed by atoms with Gasteiger partial charge in [-0.2, -0.15) is 0 Å². The van der Waals surface area contributed by atoms with E-state index in [9.17, 15) is 4.79 Å². The van der Waals surface area contributed by atoms with Crippen LogP contribution in [-0.2, 0) is 30.8 Å². The Morgan fingerprint density at radius 3 is 2.27 bits per heavy atom. The van der Waals surface area contributed by atoms with E-state index in [0.717, 1.165) is 16.9 Å². The van der Waals surface area contributed by atoms with Gasteiger partial charge in [0.25, 0.3) is 5.79 Å². The van der Waals surface area contributed by atoms with Crippen LogP contribution in [0.2, 0.25) is 18.1 Å². The zero-order chi connectivity index (χ0) is 22.4. The Kier molecular flexibility index (Phi) is 8.41. The lowest BCUT2D eigenvalue weighted by Gasteiger charge is -2.36. The third-order valence-electron chi connectivity index (χ3n) is 5.62. The maximum Gasteiger partial charge on any atom is 0.351 e. The van der Waals surface area contributed by atoms with Crippen molar-refractivity contribution in [2.24, 2.45) is 0 Å². The third-order valence-corrected chi connectivity index (χ3v) is 11.3. The first-order chi connectivity index (χ1) is 14.0. The van der Waals surface area contributed by atoms with E-state index in [1.165, 1.54) is 18.4 Å². The van der Waals surface area contributed by atoms with Gasteiger partial charge in [-0.25, -0.2) is 4.79 Å². The lowest BCUT2D eigenvalue weighted by atomic mass is 10.1. The quantitative estimate of drug-likeness (QED) is 0.267. The van der Waals surface area contributed by atoms with Gasteiger partial charge in [0.1, 0.15) is 11.5 Å². The van der Waals surface area contributed by atoms with Crippen LogP contribution in [-0.4, -0.2) is 41.7 Å². The normalized spacial score (nSPS) is 14.4. The molecule has 2 aromatic rings. The first-order valence-electron chi connectivity index (χ1n) is 10.1. The van der Waals surface area contributed by atoms with Crippen LogP contribution in [0.15, 0.2) is 42.5 Å². The van der Waals surface area contributed by atoms with Gasteiger partial charge in [-0.3, -0.25) is 0 Å². The van der Waals surface area contributed by atoms with Crippen molar-refractivity contribution in [3.8, 4) is 0 Å². The van der Waals surface area contributed by atoms with Crippen LogP contribution in [0, 0.1) is 0 Å². The number of thiophene rings is 1. The average Bonchev–Trinajstić information content (AvgIpc) is 3.16. The lowest BCUT2D eigenvalue weighted by Crippen LogP contribution is -2.41. The van der Waals surface area contributed by atoms with E-state index in [-0.39, 0.29) is 11.6 Å². The van der Waals surface area contributed by atoms with Gasteiger partial charge in [-0.05, 0) is 30.3 Å². The van der Waals surface area contributed by atoms with Crippen molar-refractivity contribution in [1.29, 1.82) is 0 Å². The Morgan fingerprint density at radius 2 is 1.70 bits per heavy atom. The van der Waals surface area contributed by atoms with Crippen LogP contribution in [0.4, 0.5) is 0 Å². The van der Waals surface area contributed by atoms with Crippen molar-refractivity contribution >= 4 is 25.6 Å². The number of ether oxygens (including phenoxy) is 3. The molecule has 0 saturated heterocycles. The van der Waals surface area contributed by atoms with Gasteiger partial charge < -0.3 is 18.6 Å². The van der Waals surface area contributed by atoms with Crippen LogP contribution in [0.1, 0.15) is 40.9 Å². The second-order valence-corrected chi connectivity index (χ2v) is 14.7. The molecule has 0 bridgehead atoms. The summed E-state index contributed by atoms with van der Waals surface area (Å²) in [5.41, 5.74) is 0.724. The highest BCUT2D eigenvalue weighted by Crippen LogP contribution is 2.36. The molecule has 166 valence electrons. The van der Waals surface area contributed by atoms with Crippen LogP contribution >= 0.6 is 11.3 Å². The van der Waals surface area contributed by atoms with Gasteiger partial charge in [-0.1, -0.05) is 51.1 Å². The monoisotopic (exact) mass is 450 g/mol. The van der Waals surface area contributed by atoms with Gasteiger partial charge in [0.05, 0.1) is 0 Å². The fourth-order valence-corrected chi connectivity index (χ4v) is 4.63. The minimum atomic E-state index is -1.77. The molecule has 0 fully saturated rings. The molecule has 7 heteroatoms. The van der Waals surface area contributed by atoms with Crippen LogP contribution in [0.25, 0.3) is 0 Å². The molecule has 1 heterocycles. The van der Waals surface area contributed by atoms with E-state index in [0.29, 0.717) is 11.5 Å². The highest BCUT2D eigenvalue weighted by Gasteiger charge is 2.38. The molecule has 0 spiro atoms. The van der Waals surface area contributed by atoms with Gasteiger partial charge in [0.2, 0.25) is 0 Å². The third kappa shape index (κ3) is 6.01. The van der Waals surface area contributed by atoms with E-state index in [4.69, 9.17) is 18.6 Å². The van der Waals surface area contributed by atoms with E-state index in [1.807, 2.05) is 36.4 Å². The smallest absolute Gasteiger partial charge is 0.351 e. The molecule has 1 unspecified atom stereocenters. The summed E-state index contributed by atoms with van der Waals surface area (Å²) in [6.07, 6.45) is 0.774. The highest BCUT2D eigenvalue weighted by atomic mass is 32.1. The molecule has 0 saturated carbocycles. The molecule has 1 atom stereocenters. The van der Waals surface area contributed by atoms with Crippen molar-refractivity contribution < 1.29 is 23.4 Å². The Balaban J connectivity index is 2.06. The van der Waals surface area contributed by atoms with Crippen LogP contribution in [0.5, 0.6) is 0 Å². The molecular weight excluding hydrogens is 416 g/mol. The van der Waals surface area contributed by atoms with Gasteiger partial charge in [0.15, 0.2) is 8.32 Å². The second-order valence-electron chi connectivity index (χ2n) is 8.77. The largest absolute Gasteiger partial charge is 0.422 e. The van der Waals surface area contributed by atoms with E-state index < -0.39 is 20.1 Å². The molecule has 0 aliphatic heterocycles. The second kappa shape index (κ2) is 10.2. The highest BCUT2D eigenvalue weighted by molar-refractivity contribution is 7.13. The predicted octanol–water partition coefficient (Wildman–Crippen LogP) is 5.62. The standard InChI is InChI=1S/C23H34O5SSi/c1-22(2,3)30(6,7)27-16-15-19-13-14-20(29-19)21(24)28-23(26-5,17-25-4)18-11-9-8-10-12-18/h8-14H,15-17H2,1-7H3. The molecule has 0 radical (unpaired) electrons. The lowest BCUT2D eigenvalue weighted by molar-refractivity contribution is -0.222. The number of carbonyl (C=O) groups is 1. The van der Waals surface area contributed by atoms with E-state index in [2.05, 4.69) is 33.9 Å². The van der Waals surface area contributed by atoms with Crippen LogP contribution < -0.4 is 0 Å². The summed E-state index contributed by atoms with van der Waals surface area (Å²) in [4.78, 5) is 14.5. The number of hydrogen-bond acceptors (Lipinski definition) is 6. The number of methoxy groups -OCH3 is 2. The van der Waals surface area contributed by atoms with Gasteiger partial charge in [0, 0.05) is 37.7 Å². The van der Waals surface area contributed by atoms with Gasteiger partial charge in [-0.15, -0.1) is 11.3 Å². The van der Waals surface area contributed by atoms with Crippen LogP contribution in [0.3, 0.4) is 0 Å². The first-order valence-corrected chi connectivity index (χ1v) is 13.8. The number of hydrogen-bond donors (Lipinski definition) is 0. The van der Waals surface area contributed by atoms with Crippen molar-refractivity contribution in [3.63, 3.8) is 0 Å². The summed E-state index contributed by atoms with van der Waals surface area (Å²) in [6, 6.07) is 13.1. The molecule has 1 aromatic heterocycles. The molecule has 30 heavy (non-hydrogen) atoms. The molecular formula is C23H34O5SSi. The maximum absolute atomic E-state index is 12.9. The van der Waals surface area contributed by atoms with Crippen molar-refractivity contribution in [3.05, 3.63) is 57.8 Å². The topological polar surface area (TPSA) is 54.0 Å². The summed E-state index contributed by atoms with van der Waals surface area (Å²) in [5.74, 6) is -1.72. The maximum atomic E-state index is 12.9. The number of carbonyl (C=O) groups excluding carboxylic acids is 1. The summed E-state index contributed by atoms with van der Waals surface area (Å²) in [7, 11) is 1.29. The summed E-state index contributed by atoms with van der Waals surface area (Å²) in [5, 5.41) is 0.180. The molecule has 0 aliphatic carbocycles. The van der Waals surface area contributed by atoms with Gasteiger partial charge >= 0.3 is 5.97 Å². The first kappa shape index (κ1) is 24.8. The molecule has 0 N–H and O–H groups in total. The molecule has 5 nitrogen and oxygen atoms in total. The fourth-order valence-electron chi connectivity index (χ4n) is 2.72. The number of benzene rings is 1. The predicted molar refractivity (Wildman–Crippen MR) is 124 cm³/mol. The Morgan fingerprint density at radius 1 is 1.03 bits per heavy atom. The average molecular weight is 451 g/mol. The Hall–Kier alpha value is -1.51. The number of rotatable bonds is 10. The summed E-state index contributed by atoms with van der Waals surface area (Å²) < 4.78 is 23.0. The Bertz CT molecular complexity index is 813. The fraction of sp³-hybridized carbons (Fsp3) is 0.522. The minimum Gasteiger partial charge on any atom is -0.422 e. The van der Waals surface area contributed by atoms with Crippen molar-refractivity contribution in [2.75, 3.05) is 27.4 Å². The zero-order valence-corrected chi connectivity index (χ0v) is 20.9. The number of esters is 1. The SMILES string of the molecule is COCC(OC)(OC(=O)c1ccc(CCO[Si](C)(C)C(C)(C)C)s1)c1ccccc1. The van der Waals surface area contributed by atoms with E-state index >= 15 is 0 Å². The van der Waals surface area contributed by atoms with E-state index in [1.54, 1.807) is 13.2 Å². The minimum absolute atomic E-state index is 0.0951. The van der Waals surface area contributed by atoms with Crippen molar-refractivity contribution in [2.45, 2.75) is 51.1 Å². The summed E-state index contributed by atoms with van der Waals surface area (Å²) >= 11 is 1.43. The molecule has 0 aliphatic rings. The zero-order valence-electron chi connectivity index (χ0n) is 19.1.